The lowest BCUT2D eigenvalue weighted by Crippen LogP contribution is -2.18. The van der Waals surface area contributed by atoms with Gasteiger partial charge in [-0.05, 0) is 37.1 Å². The van der Waals surface area contributed by atoms with Crippen LogP contribution in [0.1, 0.15) is 31.9 Å². The second-order valence-electron chi connectivity index (χ2n) is 4.36. The molecule has 1 aromatic rings. The van der Waals surface area contributed by atoms with Crippen LogP contribution in [0.3, 0.4) is 0 Å². The molecule has 2 nitrogen and oxygen atoms in total. The van der Waals surface area contributed by atoms with Gasteiger partial charge < -0.3 is 10.1 Å². The standard InChI is InChI=1S/C13H20ClNO/c1-9(2)7-12(15-3)10-5-6-13(16-4)11(14)8-10/h5-6,8-9,12,15H,7H2,1-4H3. The highest BCUT2D eigenvalue weighted by Gasteiger charge is 2.12. The van der Waals surface area contributed by atoms with Crippen molar-refractivity contribution in [2.75, 3.05) is 14.2 Å². The molecule has 16 heavy (non-hydrogen) atoms. The molecule has 1 N–H and O–H groups in total. The second-order valence-corrected chi connectivity index (χ2v) is 4.77. The summed E-state index contributed by atoms with van der Waals surface area (Å²) in [7, 11) is 3.61. The molecule has 0 saturated heterocycles. The van der Waals surface area contributed by atoms with Gasteiger partial charge in [0.2, 0.25) is 0 Å². The van der Waals surface area contributed by atoms with E-state index in [1.54, 1.807) is 7.11 Å². The average Bonchev–Trinajstić information content (AvgIpc) is 2.25. The fourth-order valence-corrected chi connectivity index (χ4v) is 2.06. The zero-order valence-corrected chi connectivity index (χ0v) is 11.1. The molecule has 1 aromatic carbocycles. The molecule has 0 amide bonds. The predicted molar refractivity (Wildman–Crippen MR) is 69.3 cm³/mol. The number of hydrogen-bond acceptors (Lipinski definition) is 2. The van der Waals surface area contributed by atoms with Crippen LogP contribution in [0, 0.1) is 5.92 Å². The quantitative estimate of drug-likeness (QED) is 0.850. The van der Waals surface area contributed by atoms with E-state index in [1.165, 1.54) is 5.56 Å². The largest absolute Gasteiger partial charge is 0.495 e. The lowest BCUT2D eigenvalue weighted by Gasteiger charge is -2.19. The Kier molecular flexibility index (Phi) is 5.10. The van der Waals surface area contributed by atoms with E-state index < -0.39 is 0 Å². The molecule has 0 saturated carbocycles. The van der Waals surface area contributed by atoms with Crippen LogP contribution >= 0.6 is 11.6 Å². The lowest BCUT2D eigenvalue weighted by atomic mass is 9.97. The molecule has 1 rings (SSSR count). The van der Waals surface area contributed by atoms with E-state index >= 15 is 0 Å². The minimum atomic E-state index is 0.350. The number of halogens is 1. The number of methoxy groups -OCH3 is 1. The molecule has 3 heteroatoms. The van der Waals surface area contributed by atoms with Gasteiger partial charge in [-0.1, -0.05) is 31.5 Å². The third-order valence-electron chi connectivity index (χ3n) is 2.63. The van der Waals surface area contributed by atoms with E-state index in [2.05, 4.69) is 25.2 Å². The van der Waals surface area contributed by atoms with Crippen LogP contribution in [0.25, 0.3) is 0 Å². The lowest BCUT2D eigenvalue weighted by molar-refractivity contribution is 0.413. The van der Waals surface area contributed by atoms with E-state index in [0.29, 0.717) is 17.0 Å². The van der Waals surface area contributed by atoms with Crippen molar-refractivity contribution in [3.8, 4) is 5.75 Å². The zero-order chi connectivity index (χ0) is 12.1. The molecule has 0 aliphatic heterocycles. The fraction of sp³-hybridized carbons (Fsp3) is 0.538. The monoisotopic (exact) mass is 241 g/mol. The van der Waals surface area contributed by atoms with E-state index in [-0.39, 0.29) is 0 Å². The van der Waals surface area contributed by atoms with Gasteiger partial charge in [-0.15, -0.1) is 0 Å². The molecular weight excluding hydrogens is 222 g/mol. The first-order chi connectivity index (χ1) is 7.58. The molecule has 0 heterocycles. The Bertz CT molecular complexity index is 339. The maximum absolute atomic E-state index is 6.11. The van der Waals surface area contributed by atoms with Crippen molar-refractivity contribution in [3.05, 3.63) is 28.8 Å². The Morgan fingerprint density at radius 2 is 2.06 bits per heavy atom. The third-order valence-corrected chi connectivity index (χ3v) is 2.93. The summed E-state index contributed by atoms with van der Waals surface area (Å²) in [5, 5.41) is 3.99. The van der Waals surface area contributed by atoms with Gasteiger partial charge in [0.15, 0.2) is 0 Å². The highest BCUT2D eigenvalue weighted by atomic mass is 35.5. The Hall–Kier alpha value is -0.730. The molecule has 90 valence electrons. The number of benzene rings is 1. The van der Waals surface area contributed by atoms with Crippen molar-refractivity contribution in [3.63, 3.8) is 0 Å². The second kappa shape index (κ2) is 6.12. The summed E-state index contributed by atoms with van der Waals surface area (Å²) in [6, 6.07) is 6.31. The summed E-state index contributed by atoms with van der Waals surface area (Å²) in [5.41, 5.74) is 1.21. The Morgan fingerprint density at radius 3 is 2.50 bits per heavy atom. The maximum Gasteiger partial charge on any atom is 0.137 e. The average molecular weight is 242 g/mol. The van der Waals surface area contributed by atoms with Gasteiger partial charge in [-0.3, -0.25) is 0 Å². The van der Waals surface area contributed by atoms with E-state index in [1.807, 2.05) is 19.2 Å². The SMILES string of the molecule is CNC(CC(C)C)c1ccc(OC)c(Cl)c1. The van der Waals surface area contributed by atoms with E-state index in [9.17, 15) is 0 Å². The van der Waals surface area contributed by atoms with Crippen molar-refractivity contribution in [2.24, 2.45) is 5.92 Å². The molecule has 0 aromatic heterocycles. The third kappa shape index (κ3) is 3.39. The molecule has 0 aliphatic rings. The zero-order valence-electron chi connectivity index (χ0n) is 10.4. The van der Waals surface area contributed by atoms with E-state index in [4.69, 9.17) is 16.3 Å². The van der Waals surface area contributed by atoms with Crippen molar-refractivity contribution in [2.45, 2.75) is 26.3 Å². The topological polar surface area (TPSA) is 21.3 Å². The summed E-state index contributed by atoms with van der Waals surface area (Å²) in [6.07, 6.45) is 1.10. The molecule has 0 spiro atoms. The van der Waals surface area contributed by atoms with Crippen LogP contribution in [-0.4, -0.2) is 14.2 Å². The highest BCUT2D eigenvalue weighted by molar-refractivity contribution is 6.32. The van der Waals surface area contributed by atoms with Gasteiger partial charge in [0.05, 0.1) is 12.1 Å². The van der Waals surface area contributed by atoms with Gasteiger partial charge in [0.1, 0.15) is 5.75 Å². The number of rotatable bonds is 5. The van der Waals surface area contributed by atoms with Crippen molar-refractivity contribution < 1.29 is 4.74 Å². The van der Waals surface area contributed by atoms with Crippen LogP contribution in [0.4, 0.5) is 0 Å². The minimum Gasteiger partial charge on any atom is -0.495 e. The molecule has 0 aliphatic carbocycles. The van der Waals surface area contributed by atoms with Crippen LogP contribution in [0.5, 0.6) is 5.75 Å². The van der Waals surface area contributed by atoms with Crippen LogP contribution in [0.15, 0.2) is 18.2 Å². The first-order valence-electron chi connectivity index (χ1n) is 5.59. The molecular formula is C13H20ClNO. The number of hydrogen-bond donors (Lipinski definition) is 1. The number of ether oxygens (including phenoxy) is 1. The smallest absolute Gasteiger partial charge is 0.137 e. The van der Waals surface area contributed by atoms with Gasteiger partial charge in [0.25, 0.3) is 0 Å². The normalized spacial score (nSPS) is 12.9. The minimum absolute atomic E-state index is 0.350. The van der Waals surface area contributed by atoms with Crippen molar-refractivity contribution in [1.82, 2.24) is 5.32 Å². The van der Waals surface area contributed by atoms with Crippen molar-refractivity contribution >= 4 is 11.6 Å². The summed E-state index contributed by atoms with van der Waals surface area (Å²) in [5.74, 6) is 1.38. The molecule has 0 bridgehead atoms. The number of nitrogens with one attached hydrogen (secondary N) is 1. The van der Waals surface area contributed by atoms with Crippen molar-refractivity contribution in [1.29, 1.82) is 0 Å². The van der Waals surface area contributed by atoms with Gasteiger partial charge >= 0.3 is 0 Å². The molecule has 1 unspecified atom stereocenters. The molecule has 0 radical (unpaired) electrons. The van der Waals surface area contributed by atoms with Crippen LogP contribution in [-0.2, 0) is 0 Å². The van der Waals surface area contributed by atoms with Crippen LogP contribution in [0.2, 0.25) is 5.02 Å². The first kappa shape index (κ1) is 13.3. The van der Waals surface area contributed by atoms with Gasteiger partial charge in [0, 0.05) is 6.04 Å². The van der Waals surface area contributed by atoms with Gasteiger partial charge in [-0.2, -0.15) is 0 Å². The molecule has 1 atom stereocenters. The summed E-state index contributed by atoms with van der Waals surface area (Å²) >= 11 is 6.11. The van der Waals surface area contributed by atoms with Gasteiger partial charge in [-0.25, -0.2) is 0 Å². The summed E-state index contributed by atoms with van der Waals surface area (Å²) in [4.78, 5) is 0. The maximum atomic E-state index is 6.11. The van der Waals surface area contributed by atoms with E-state index in [0.717, 1.165) is 12.2 Å². The first-order valence-corrected chi connectivity index (χ1v) is 5.97. The molecule has 0 fully saturated rings. The Balaban J connectivity index is 2.89. The fourth-order valence-electron chi connectivity index (χ4n) is 1.79. The predicted octanol–water partition coefficient (Wildman–Crippen LogP) is 3.66. The van der Waals surface area contributed by atoms with Crippen LogP contribution < -0.4 is 10.1 Å². The Morgan fingerprint density at radius 1 is 1.38 bits per heavy atom. The summed E-state index contributed by atoms with van der Waals surface area (Å²) < 4.78 is 5.14. The highest BCUT2D eigenvalue weighted by Crippen LogP contribution is 2.29. The Labute approximate surface area is 103 Å². The summed E-state index contributed by atoms with van der Waals surface area (Å²) in [6.45, 7) is 4.44.